The second-order valence-electron chi connectivity index (χ2n) is 0.408. The van der Waals surface area contributed by atoms with Crippen molar-refractivity contribution in [3.05, 3.63) is 0 Å². The first kappa shape index (κ1) is 48.7. The van der Waals surface area contributed by atoms with Gasteiger partial charge in [0.05, 0.1) is 0 Å². The summed E-state index contributed by atoms with van der Waals surface area (Å²) in [5.74, 6) is 0. The molecule has 0 aliphatic rings. The Hall–Kier alpha value is 0.229. The molecule has 0 saturated carbocycles. The van der Waals surface area contributed by atoms with Crippen LogP contribution in [0.15, 0.2) is 0 Å². The summed E-state index contributed by atoms with van der Waals surface area (Å²) in [6, 6.07) is 0. The molecular weight excluding hydrogens is 216 g/mol. The minimum Gasteiger partial charge on any atom is -0.759 e. The average Bonchev–Trinajstić information content (AvgIpc) is 0.722. The normalized spacial score (nSPS) is 5.80. The Morgan fingerprint density at radius 1 is 0.800 bits per heavy atom. The molecule has 0 spiro atoms. The van der Waals surface area contributed by atoms with Crippen molar-refractivity contribution in [3.8, 4) is 0 Å². The number of hydrogen-bond acceptors (Lipinski definition) is 8. The fourth-order valence-electron chi connectivity index (χ4n) is 0. The first-order valence-electron chi connectivity index (χ1n) is 0.667. The van der Waals surface area contributed by atoms with E-state index in [1.807, 2.05) is 0 Å². The Balaban J connectivity index is -0.00000000800. The maximum atomic E-state index is 8.52. The molecule has 0 bridgehead atoms. The molecule has 0 rings (SSSR count). The molecule has 12 N–H and O–H groups in total. The maximum Gasteiger partial charge on any atom is 0.0311 e. The van der Waals surface area contributed by atoms with Crippen molar-refractivity contribution in [1.82, 2.24) is 24.6 Å². The van der Waals surface area contributed by atoms with E-state index in [2.05, 4.69) is 0 Å². The van der Waals surface area contributed by atoms with E-state index in [1.54, 1.807) is 0 Å². The van der Waals surface area contributed by atoms with E-state index < -0.39 is 10.4 Å². The minimum absolute atomic E-state index is 0. The van der Waals surface area contributed by atoms with E-state index in [0.717, 1.165) is 0 Å². The van der Waals surface area contributed by atoms with Gasteiger partial charge in [0, 0.05) is 27.5 Å². The van der Waals surface area contributed by atoms with Crippen molar-refractivity contribution in [2.75, 3.05) is 0 Å². The number of hydrogen-bond donors (Lipinski definition) is 4. The largest absolute Gasteiger partial charge is 0.759 e. The molecule has 0 amide bonds. The van der Waals surface area contributed by atoms with Gasteiger partial charge < -0.3 is 33.7 Å². The predicted molar refractivity (Wildman–Crippen MR) is 30.6 cm³/mol. The zero-order chi connectivity index (χ0) is 4.50. The minimum atomic E-state index is -5.17. The molecule has 10 heteroatoms. The molecule has 0 heterocycles. The van der Waals surface area contributed by atoms with Crippen LogP contribution in [-0.2, 0) is 27.5 Å². The second-order valence-corrected chi connectivity index (χ2v) is 1.22. The van der Waals surface area contributed by atoms with Crippen molar-refractivity contribution < 1.29 is 34.6 Å². The maximum absolute atomic E-state index is 8.52. The zero-order valence-electron chi connectivity index (χ0n) is 5.17. The second kappa shape index (κ2) is 16.1. The fourth-order valence-corrected chi connectivity index (χ4v) is 0. The summed E-state index contributed by atoms with van der Waals surface area (Å²) in [7, 11) is -5.17. The van der Waals surface area contributed by atoms with Crippen LogP contribution >= 0.6 is 0 Å². The van der Waals surface area contributed by atoms with Gasteiger partial charge in [-0.05, 0) is 0 Å². The van der Waals surface area contributed by atoms with Crippen molar-refractivity contribution >= 4 is 10.4 Å². The fraction of sp³-hybridized carbons (Fsp3) is 0. The molecule has 0 fully saturated rings. The number of rotatable bonds is 0. The molecule has 0 aliphatic carbocycles. The first-order chi connectivity index (χ1) is 2.00. The van der Waals surface area contributed by atoms with Gasteiger partial charge in [-0.15, -0.1) is 0 Å². The third-order valence-electron chi connectivity index (χ3n) is 0. The summed E-state index contributed by atoms with van der Waals surface area (Å²) in [5.41, 5.74) is 0. The van der Waals surface area contributed by atoms with E-state index in [-0.39, 0.29) is 41.7 Å². The molecule has 0 aliphatic heterocycles. The van der Waals surface area contributed by atoms with Gasteiger partial charge in [0.1, 0.15) is 0 Å². The molecule has 8 nitrogen and oxygen atoms in total. The topological polar surface area (TPSA) is 220 Å². The summed E-state index contributed by atoms with van der Waals surface area (Å²) in [5, 5.41) is 0. The van der Waals surface area contributed by atoms with Crippen molar-refractivity contribution in [1.29, 1.82) is 0 Å². The van der Waals surface area contributed by atoms with Crippen LogP contribution < -0.4 is 24.6 Å². The summed E-state index contributed by atoms with van der Waals surface area (Å²) in [6.45, 7) is 0. The Morgan fingerprint density at radius 3 is 0.800 bits per heavy atom. The van der Waals surface area contributed by atoms with Crippen LogP contribution in [0.1, 0.15) is 0 Å². The van der Waals surface area contributed by atoms with E-state index in [4.69, 9.17) is 17.5 Å². The van der Waals surface area contributed by atoms with Crippen LogP contribution in [-0.4, -0.2) is 17.5 Å². The van der Waals surface area contributed by atoms with Crippen molar-refractivity contribution in [2.45, 2.75) is 0 Å². The van der Waals surface area contributed by atoms with Crippen molar-refractivity contribution in [3.63, 3.8) is 0 Å². The van der Waals surface area contributed by atoms with Gasteiger partial charge in [-0.2, -0.15) is 0 Å². The van der Waals surface area contributed by atoms with E-state index in [1.165, 1.54) is 0 Å². The molecular formula is H12CuN4O4S-2. The Morgan fingerprint density at radius 2 is 0.800 bits per heavy atom. The van der Waals surface area contributed by atoms with Gasteiger partial charge in [-0.25, -0.2) is 0 Å². The molecule has 0 aromatic carbocycles. The molecule has 1 radical (unpaired) electrons. The molecule has 0 saturated heterocycles. The summed E-state index contributed by atoms with van der Waals surface area (Å²) in [6.07, 6.45) is 0. The quantitative estimate of drug-likeness (QED) is 0.235. The molecule has 0 aromatic heterocycles. The third kappa shape index (κ3) is 8170. The molecule has 0 unspecified atom stereocenters. The van der Waals surface area contributed by atoms with Crippen LogP contribution in [0.4, 0.5) is 0 Å². The van der Waals surface area contributed by atoms with Gasteiger partial charge >= 0.3 is 0 Å². The van der Waals surface area contributed by atoms with Gasteiger partial charge in [-0.1, -0.05) is 0 Å². The Labute approximate surface area is 70.1 Å². The zero-order valence-corrected chi connectivity index (χ0v) is 6.93. The predicted octanol–water partition coefficient (Wildman–Crippen LogP) is -0.693. The van der Waals surface area contributed by atoms with E-state index in [0.29, 0.717) is 0 Å². The Bertz CT molecular complexity index is 100. The smallest absolute Gasteiger partial charge is 0.0311 e. The summed E-state index contributed by atoms with van der Waals surface area (Å²) < 4.78 is 34.1. The first-order valence-corrected chi connectivity index (χ1v) is 2.00. The van der Waals surface area contributed by atoms with Crippen LogP contribution in [0.5, 0.6) is 0 Å². The summed E-state index contributed by atoms with van der Waals surface area (Å²) in [4.78, 5) is 0. The van der Waals surface area contributed by atoms with Crippen LogP contribution in [0, 0.1) is 0 Å². The molecule has 10 heavy (non-hydrogen) atoms. The standard InChI is InChI=1S/Cu.4H3N.H2O4S/c;;;;;1-5(2,3)4/h;4*1H3;(H2,1,2,3,4)/p-2. The van der Waals surface area contributed by atoms with Crippen molar-refractivity contribution in [2.24, 2.45) is 0 Å². The van der Waals surface area contributed by atoms with Gasteiger partial charge in [0.25, 0.3) is 0 Å². The van der Waals surface area contributed by atoms with Gasteiger partial charge in [0.15, 0.2) is 0 Å². The molecule has 0 atom stereocenters. The third-order valence-corrected chi connectivity index (χ3v) is 0. The van der Waals surface area contributed by atoms with E-state index in [9.17, 15) is 0 Å². The molecule has 0 aromatic rings. The summed E-state index contributed by atoms with van der Waals surface area (Å²) >= 11 is 0. The van der Waals surface area contributed by atoms with Crippen LogP contribution in [0.25, 0.3) is 0 Å². The van der Waals surface area contributed by atoms with Crippen LogP contribution in [0.2, 0.25) is 0 Å². The van der Waals surface area contributed by atoms with Gasteiger partial charge in [0.2, 0.25) is 0 Å². The van der Waals surface area contributed by atoms with Crippen LogP contribution in [0.3, 0.4) is 0 Å². The van der Waals surface area contributed by atoms with Gasteiger partial charge in [-0.3, -0.25) is 8.42 Å². The monoisotopic (exact) mass is 227 g/mol. The van der Waals surface area contributed by atoms with E-state index >= 15 is 0 Å². The average molecular weight is 228 g/mol. The Kier molecular flexibility index (Phi) is 78.5. The SMILES string of the molecule is N.N.N.N.O=S(=O)([O-])[O-].[Cu]. The molecule has 75 valence electrons.